The zero-order chi connectivity index (χ0) is 16.9. The van der Waals surface area contributed by atoms with E-state index >= 15 is 0 Å². The molecule has 0 fully saturated rings. The van der Waals surface area contributed by atoms with Gasteiger partial charge in [-0.25, -0.2) is 8.42 Å². The summed E-state index contributed by atoms with van der Waals surface area (Å²) in [6.07, 6.45) is 2.63. The molecule has 2 rings (SSSR count). The van der Waals surface area contributed by atoms with Gasteiger partial charge >= 0.3 is 0 Å². The molecule has 1 N–H and O–H groups in total. The Morgan fingerprint density at radius 2 is 2.13 bits per heavy atom. The fraction of sp³-hybridized carbons (Fsp3) is 0.286. The van der Waals surface area contributed by atoms with Crippen molar-refractivity contribution in [1.29, 1.82) is 0 Å². The third kappa shape index (κ3) is 5.00. The Bertz CT molecular complexity index is 772. The molecule has 0 saturated heterocycles. The van der Waals surface area contributed by atoms with Gasteiger partial charge in [-0.1, -0.05) is 0 Å². The van der Waals surface area contributed by atoms with E-state index in [4.69, 9.17) is 4.42 Å². The molecule has 1 heterocycles. The van der Waals surface area contributed by atoms with Gasteiger partial charge in [0.05, 0.1) is 21.8 Å². The predicted molar refractivity (Wildman–Crippen MR) is 89.6 cm³/mol. The quantitative estimate of drug-likeness (QED) is 0.441. The minimum absolute atomic E-state index is 0.0676. The topological polar surface area (TPSA) is 102 Å². The largest absolute Gasteiger partial charge is 0.468 e. The van der Waals surface area contributed by atoms with Crippen LogP contribution < -0.4 is 5.32 Å². The van der Waals surface area contributed by atoms with Crippen LogP contribution in [0, 0.1) is 10.1 Å². The number of furan rings is 1. The smallest absolute Gasteiger partial charge is 0.293 e. The number of nitro benzene ring substituents is 1. The number of hydrogen-bond acceptors (Lipinski definition) is 7. The zero-order valence-electron chi connectivity index (χ0n) is 12.4. The standard InChI is InChI=1S/C14H16N2O5S2/c1-23(19,20)12-4-5-13(14(9-12)16(17)18)15-6-8-22-10-11-3-2-7-21-11/h2-5,7,9,15H,6,8,10H2,1H3. The van der Waals surface area contributed by atoms with Crippen LogP contribution in [-0.2, 0) is 15.6 Å². The van der Waals surface area contributed by atoms with Crippen molar-refractivity contribution < 1.29 is 17.8 Å². The molecule has 9 heteroatoms. The summed E-state index contributed by atoms with van der Waals surface area (Å²) >= 11 is 1.63. The molecule has 0 amide bonds. The summed E-state index contributed by atoms with van der Waals surface area (Å²) in [5.74, 6) is 2.33. The van der Waals surface area contributed by atoms with Crippen LogP contribution in [0.4, 0.5) is 11.4 Å². The molecule has 0 radical (unpaired) electrons. The summed E-state index contributed by atoms with van der Waals surface area (Å²) in [6.45, 7) is 0.518. The summed E-state index contributed by atoms with van der Waals surface area (Å²) in [5, 5.41) is 14.1. The summed E-state index contributed by atoms with van der Waals surface area (Å²) in [4.78, 5) is 10.4. The van der Waals surface area contributed by atoms with Gasteiger partial charge in [-0.2, -0.15) is 11.8 Å². The molecule has 0 unspecified atom stereocenters. The number of thioether (sulfide) groups is 1. The van der Waals surface area contributed by atoms with Crippen molar-refractivity contribution in [3.63, 3.8) is 0 Å². The zero-order valence-corrected chi connectivity index (χ0v) is 14.0. The third-order valence-corrected chi connectivity index (χ3v) is 5.07. The predicted octanol–water partition coefficient (Wildman–Crippen LogP) is 2.94. The van der Waals surface area contributed by atoms with Crippen LogP contribution in [0.3, 0.4) is 0 Å². The van der Waals surface area contributed by atoms with Gasteiger partial charge in [-0.05, 0) is 24.3 Å². The molecule has 124 valence electrons. The maximum Gasteiger partial charge on any atom is 0.293 e. The van der Waals surface area contributed by atoms with Crippen molar-refractivity contribution in [2.75, 3.05) is 23.9 Å². The van der Waals surface area contributed by atoms with Gasteiger partial charge < -0.3 is 9.73 Å². The number of nitro groups is 1. The summed E-state index contributed by atoms with van der Waals surface area (Å²) in [5.41, 5.74) is 0.0601. The average Bonchev–Trinajstić information content (AvgIpc) is 2.99. The monoisotopic (exact) mass is 356 g/mol. The number of rotatable bonds is 8. The van der Waals surface area contributed by atoms with Gasteiger partial charge in [0.2, 0.25) is 0 Å². The SMILES string of the molecule is CS(=O)(=O)c1ccc(NCCSCc2ccco2)c([N+](=O)[O-])c1. The van der Waals surface area contributed by atoms with Gasteiger partial charge in [-0.3, -0.25) is 10.1 Å². The van der Waals surface area contributed by atoms with E-state index in [1.807, 2.05) is 12.1 Å². The van der Waals surface area contributed by atoms with Gasteiger partial charge in [-0.15, -0.1) is 0 Å². The highest BCUT2D eigenvalue weighted by atomic mass is 32.2. The van der Waals surface area contributed by atoms with Crippen LogP contribution in [0.25, 0.3) is 0 Å². The number of nitrogens with zero attached hydrogens (tertiary/aromatic N) is 1. The molecular weight excluding hydrogens is 340 g/mol. The minimum Gasteiger partial charge on any atom is -0.468 e. The Labute approximate surface area is 138 Å². The highest BCUT2D eigenvalue weighted by Gasteiger charge is 2.18. The van der Waals surface area contributed by atoms with E-state index in [0.717, 1.165) is 29.6 Å². The molecular formula is C14H16N2O5S2. The van der Waals surface area contributed by atoms with Crippen molar-refractivity contribution >= 4 is 33.0 Å². The van der Waals surface area contributed by atoms with Crippen LogP contribution >= 0.6 is 11.8 Å². The normalized spacial score (nSPS) is 11.3. The molecule has 0 aliphatic heterocycles. The average molecular weight is 356 g/mol. The Morgan fingerprint density at radius 3 is 2.74 bits per heavy atom. The minimum atomic E-state index is -3.48. The molecule has 1 aromatic heterocycles. The van der Waals surface area contributed by atoms with E-state index in [1.54, 1.807) is 18.0 Å². The Balaban J connectivity index is 1.95. The van der Waals surface area contributed by atoms with Gasteiger partial charge in [0, 0.05) is 24.6 Å². The van der Waals surface area contributed by atoms with E-state index in [0.29, 0.717) is 12.2 Å². The maximum absolute atomic E-state index is 11.5. The van der Waals surface area contributed by atoms with Crippen molar-refractivity contribution in [2.24, 2.45) is 0 Å². The van der Waals surface area contributed by atoms with Crippen LogP contribution in [0.5, 0.6) is 0 Å². The fourth-order valence-corrected chi connectivity index (χ4v) is 3.27. The van der Waals surface area contributed by atoms with Crippen LogP contribution in [-0.4, -0.2) is 31.9 Å². The summed E-state index contributed by atoms with van der Waals surface area (Å²) in [7, 11) is -3.48. The van der Waals surface area contributed by atoms with Crippen LogP contribution in [0.2, 0.25) is 0 Å². The molecule has 2 aromatic rings. The molecule has 0 aliphatic rings. The van der Waals surface area contributed by atoms with E-state index in [2.05, 4.69) is 5.32 Å². The Hall–Kier alpha value is -2.00. The van der Waals surface area contributed by atoms with E-state index < -0.39 is 14.8 Å². The summed E-state index contributed by atoms with van der Waals surface area (Å²) in [6, 6.07) is 7.57. The lowest BCUT2D eigenvalue weighted by Crippen LogP contribution is -2.07. The number of benzene rings is 1. The van der Waals surface area contributed by atoms with Crippen molar-refractivity contribution in [2.45, 2.75) is 10.6 Å². The van der Waals surface area contributed by atoms with Gasteiger partial charge in [0.1, 0.15) is 11.4 Å². The lowest BCUT2D eigenvalue weighted by Gasteiger charge is -2.08. The second-order valence-corrected chi connectivity index (χ2v) is 7.89. The first-order chi connectivity index (χ1) is 10.9. The molecule has 0 aliphatic carbocycles. The third-order valence-electron chi connectivity index (χ3n) is 2.98. The van der Waals surface area contributed by atoms with Gasteiger partial charge in [0.25, 0.3) is 5.69 Å². The van der Waals surface area contributed by atoms with Crippen LogP contribution in [0.1, 0.15) is 5.76 Å². The second-order valence-electron chi connectivity index (χ2n) is 4.77. The first kappa shape index (κ1) is 17.4. The molecule has 0 bridgehead atoms. The Kier molecular flexibility index (Phi) is 5.67. The molecule has 1 aromatic carbocycles. The van der Waals surface area contributed by atoms with E-state index in [1.165, 1.54) is 12.1 Å². The van der Waals surface area contributed by atoms with E-state index in [-0.39, 0.29) is 10.6 Å². The number of nitrogens with one attached hydrogen (secondary N) is 1. The lowest BCUT2D eigenvalue weighted by atomic mass is 10.2. The second kappa shape index (κ2) is 7.51. The first-order valence-electron chi connectivity index (χ1n) is 6.70. The Morgan fingerprint density at radius 1 is 1.35 bits per heavy atom. The van der Waals surface area contributed by atoms with Gasteiger partial charge in [0.15, 0.2) is 9.84 Å². The van der Waals surface area contributed by atoms with Crippen molar-refractivity contribution in [3.8, 4) is 0 Å². The molecule has 0 saturated carbocycles. The maximum atomic E-state index is 11.5. The molecule has 7 nitrogen and oxygen atoms in total. The first-order valence-corrected chi connectivity index (χ1v) is 9.75. The molecule has 0 atom stereocenters. The van der Waals surface area contributed by atoms with Crippen molar-refractivity contribution in [3.05, 3.63) is 52.5 Å². The highest BCUT2D eigenvalue weighted by Crippen LogP contribution is 2.27. The lowest BCUT2D eigenvalue weighted by molar-refractivity contribution is -0.384. The molecule has 23 heavy (non-hydrogen) atoms. The fourth-order valence-electron chi connectivity index (χ4n) is 1.87. The van der Waals surface area contributed by atoms with E-state index in [9.17, 15) is 18.5 Å². The van der Waals surface area contributed by atoms with Crippen LogP contribution in [0.15, 0.2) is 45.9 Å². The van der Waals surface area contributed by atoms with Crippen molar-refractivity contribution in [1.82, 2.24) is 0 Å². The summed E-state index contributed by atoms with van der Waals surface area (Å²) < 4.78 is 28.2. The number of sulfone groups is 1. The molecule has 0 spiro atoms. The highest BCUT2D eigenvalue weighted by molar-refractivity contribution is 7.98. The number of anilines is 1. The number of hydrogen-bond donors (Lipinski definition) is 1.